The Morgan fingerprint density at radius 3 is 2.47 bits per heavy atom. The summed E-state index contributed by atoms with van der Waals surface area (Å²) < 4.78 is 0. The molecule has 0 spiro atoms. The molecule has 1 aromatic heterocycles. The summed E-state index contributed by atoms with van der Waals surface area (Å²) in [5.74, 6) is -0.647. The molecular formula is C23H26N4O3. The molecule has 2 aliphatic rings. The van der Waals surface area contributed by atoms with Gasteiger partial charge in [-0.15, -0.1) is 0 Å². The zero-order chi connectivity index (χ0) is 21.1. The van der Waals surface area contributed by atoms with E-state index in [0.29, 0.717) is 36.3 Å². The molecule has 4 rings (SSSR count). The maximum absolute atomic E-state index is 13.0. The zero-order valence-corrected chi connectivity index (χ0v) is 17.2. The van der Waals surface area contributed by atoms with E-state index in [0.717, 1.165) is 38.2 Å². The van der Waals surface area contributed by atoms with E-state index in [-0.39, 0.29) is 17.7 Å². The first kappa shape index (κ1) is 20.2. The van der Waals surface area contributed by atoms with Crippen LogP contribution in [0, 0.1) is 0 Å². The van der Waals surface area contributed by atoms with Crippen molar-refractivity contribution in [3.05, 3.63) is 65.0 Å². The number of hydrogen-bond donors (Lipinski definition) is 0. The van der Waals surface area contributed by atoms with Crippen molar-refractivity contribution in [1.29, 1.82) is 0 Å². The summed E-state index contributed by atoms with van der Waals surface area (Å²) in [5.41, 5.74) is 2.22. The van der Waals surface area contributed by atoms with Crippen LogP contribution in [0.3, 0.4) is 0 Å². The first-order valence-electron chi connectivity index (χ1n) is 10.5. The number of amides is 3. The van der Waals surface area contributed by atoms with Gasteiger partial charge in [-0.1, -0.05) is 19.4 Å². The third-order valence-corrected chi connectivity index (χ3v) is 5.72. The van der Waals surface area contributed by atoms with Crippen LogP contribution in [0.25, 0.3) is 0 Å². The number of carbonyl (C=O) groups is 3. The third-order valence-electron chi connectivity index (χ3n) is 5.72. The summed E-state index contributed by atoms with van der Waals surface area (Å²) in [4.78, 5) is 47.9. The van der Waals surface area contributed by atoms with Crippen molar-refractivity contribution in [2.75, 3.05) is 32.7 Å². The van der Waals surface area contributed by atoms with Crippen molar-refractivity contribution in [1.82, 2.24) is 19.7 Å². The number of piperazine rings is 1. The Hall–Kier alpha value is -3.06. The molecule has 2 aromatic rings. The molecular weight excluding hydrogens is 380 g/mol. The lowest BCUT2D eigenvalue weighted by molar-refractivity contribution is 0.0625. The number of fused-ring (bicyclic) bond motifs is 1. The molecule has 0 N–H and O–H groups in total. The summed E-state index contributed by atoms with van der Waals surface area (Å²) in [6, 6.07) is 10.7. The van der Waals surface area contributed by atoms with Crippen molar-refractivity contribution in [2.24, 2.45) is 0 Å². The normalized spacial score (nSPS) is 16.8. The molecule has 0 radical (unpaired) electrons. The average molecular weight is 406 g/mol. The second kappa shape index (κ2) is 8.75. The Labute approximate surface area is 176 Å². The van der Waals surface area contributed by atoms with Gasteiger partial charge in [-0.25, -0.2) is 0 Å². The van der Waals surface area contributed by atoms with Crippen LogP contribution in [0.5, 0.6) is 0 Å². The number of pyridine rings is 1. The number of hydrogen-bond acceptors (Lipinski definition) is 5. The largest absolute Gasteiger partial charge is 0.336 e. The highest BCUT2D eigenvalue weighted by molar-refractivity contribution is 6.22. The van der Waals surface area contributed by atoms with E-state index in [1.54, 1.807) is 24.4 Å². The van der Waals surface area contributed by atoms with Gasteiger partial charge in [0.1, 0.15) is 0 Å². The van der Waals surface area contributed by atoms with Crippen molar-refractivity contribution < 1.29 is 14.4 Å². The van der Waals surface area contributed by atoms with Crippen LogP contribution in [-0.4, -0.2) is 70.1 Å². The summed E-state index contributed by atoms with van der Waals surface area (Å²) in [6.07, 6.45) is 3.47. The van der Waals surface area contributed by atoms with Gasteiger partial charge in [0.05, 0.1) is 16.8 Å². The second-order valence-corrected chi connectivity index (χ2v) is 7.77. The van der Waals surface area contributed by atoms with Crippen molar-refractivity contribution in [3.63, 3.8) is 0 Å². The molecule has 0 aliphatic carbocycles. The number of carbonyl (C=O) groups excluding carboxylic acids is 3. The van der Waals surface area contributed by atoms with Gasteiger partial charge < -0.3 is 4.90 Å². The molecule has 0 unspecified atom stereocenters. The van der Waals surface area contributed by atoms with Crippen LogP contribution < -0.4 is 0 Å². The van der Waals surface area contributed by atoms with Crippen LogP contribution in [0.4, 0.5) is 0 Å². The molecule has 7 nitrogen and oxygen atoms in total. The predicted molar refractivity (Wildman–Crippen MR) is 112 cm³/mol. The van der Waals surface area contributed by atoms with Crippen LogP contribution in [-0.2, 0) is 6.54 Å². The molecule has 156 valence electrons. The maximum Gasteiger partial charge on any atom is 0.261 e. The minimum absolute atomic E-state index is 0.0949. The molecule has 0 bridgehead atoms. The Kier molecular flexibility index (Phi) is 5.90. The number of benzene rings is 1. The highest BCUT2D eigenvalue weighted by Gasteiger charge is 2.36. The number of imide groups is 1. The summed E-state index contributed by atoms with van der Waals surface area (Å²) in [5, 5.41) is 0. The molecule has 0 atom stereocenters. The Morgan fingerprint density at radius 1 is 1.00 bits per heavy atom. The molecule has 2 aliphatic heterocycles. The van der Waals surface area contributed by atoms with Crippen molar-refractivity contribution in [2.45, 2.75) is 26.3 Å². The maximum atomic E-state index is 13.0. The van der Waals surface area contributed by atoms with Crippen molar-refractivity contribution >= 4 is 17.7 Å². The fourth-order valence-corrected chi connectivity index (χ4v) is 3.96. The molecule has 1 aromatic carbocycles. The van der Waals surface area contributed by atoms with Gasteiger partial charge in [-0.2, -0.15) is 0 Å². The fourth-order valence-electron chi connectivity index (χ4n) is 3.96. The molecule has 3 amide bonds. The van der Waals surface area contributed by atoms with Crippen molar-refractivity contribution in [3.8, 4) is 0 Å². The fraction of sp³-hybridized carbons (Fsp3) is 0.391. The first-order chi connectivity index (χ1) is 14.6. The number of rotatable bonds is 6. The Morgan fingerprint density at radius 2 is 1.77 bits per heavy atom. The second-order valence-electron chi connectivity index (χ2n) is 7.77. The average Bonchev–Trinajstić information content (AvgIpc) is 3.02. The molecule has 7 heteroatoms. The van der Waals surface area contributed by atoms with Gasteiger partial charge >= 0.3 is 0 Å². The van der Waals surface area contributed by atoms with Crippen LogP contribution in [0.1, 0.15) is 56.5 Å². The molecule has 3 heterocycles. The lowest BCUT2D eigenvalue weighted by Gasteiger charge is -2.34. The smallest absolute Gasteiger partial charge is 0.261 e. The lowest BCUT2D eigenvalue weighted by Crippen LogP contribution is -2.48. The minimum atomic E-state index is -0.293. The van der Waals surface area contributed by atoms with E-state index in [2.05, 4.69) is 9.88 Å². The SMILES string of the molecule is CCCCN1C(=O)c2ccc(C(=O)N3CCN(Cc4ccccn4)CC3)cc2C1=O. The van der Waals surface area contributed by atoms with Crippen LogP contribution >= 0.6 is 0 Å². The Balaban J connectivity index is 1.40. The minimum Gasteiger partial charge on any atom is -0.336 e. The highest BCUT2D eigenvalue weighted by atomic mass is 16.2. The molecule has 0 saturated carbocycles. The van der Waals surface area contributed by atoms with Crippen LogP contribution in [0.15, 0.2) is 42.6 Å². The van der Waals surface area contributed by atoms with E-state index in [4.69, 9.17) is 0 Å². The van der Waals surface area contributed by atoms with Gasteiger partial charge in [0.15, 0.2) is 0 Å². The number of aromatic nitrogens is 1. The highest BCUT2D eigenvalue weighted by Crippen LogP contribution is 2.25. The summed E-state index contributed by atoms with van der Waals surface area (Å²) >= 11 is 0. The zero-order valence-electron chi connectivity index (χ0n) is 17.2. The molecule has 1 saturated heterocycles. The first-order valence-corrected chi connectivity index (χ1v) is 10.5. The standard InChI is InChI=1S/C23H26N4O3/c1-2-3-10-27-22(29)19-8-7-17(15-20(19)23(27)30)21(28)26-13-11-25(12-14-26)16-18-6-4-5-9-24-18/h4-9,15H,2-3,10-14,16H2,1H3. The Bertz CT molecular complexity index is 952. The lowest BCUT2D eigenvalue weighted by atomic mass is 10.0. The van der Waals surface area contributed by atoms with E-state index < -0.39 is 0 Å². The van der Waals surface area contributed by atoms with E-state index >= 15 is 0 Å². The summed E-state index contributed by atoms with van der Waals surface area (Å²) in [7, 11) is 0. The molecule has 30 heavy (non-hydrogen) atoms. The number of nitrogens with zero attached hydrogens (tertiary/aromatic N) is 4. The third kappa shape index (κ3) is 3.98. The van der Waals surface area contributed by atoms with Gasteiger partial charge in [-0.3, -0.25) is 29.2 Å². The van der Waals surface area contributed by atoms with E-state index in [9.17, 15) is 14.4 Å². The van der Waals surface area contributed by atoms with Crippen LogP contribution in [0.2, 0.25) is 0 Å². The van der Waals surface area contributed by atoms with Gasteiger partial charge in [0.25, 0.3) is 17.7 Å². The number of unbranched alkanes of at least 4 members (excludes halogenated alkanes) is 1. The van der Waals surface area contributed by atoms with E-state index in [1.807, 2.05) is 30.0 Å². The predicted octanol–water partition coefficient (Wildman–Crippen LogP) is 2.44. The molecule has 1 fully saturated rings. The van der Waals surface area contributed by atoms with Gasteiger partial charge in [0.2, 0.25) is 0 Å². The van der Waals surface area contributed by atoms with E-state index in [1.165, 1.54) is 4.90 Å². The monoisotopic (exact) mass is 406 g/mol. The quantitative estimate of drug-likeness (QED) is 0.689. The van der Waals surface area contributed by atoms with Gasteiger partial charge in [0, 0.05) is 51.0 Å². The summed E-state index contributed by atoms with van der Waals surface area (Å²) in [6.45, 7) is 6.00. The van der Waals surface area contributed by atoms with Gasteiger partial charge in [-0.05, 0) is 36.8 Å². The topological polar surface area (TPSA) is 73.8 Å².